The number of nitriles is 1. The van der Waals surface area contributed by atoms with Gasteiger partial charge in [0.2, 0.25) is 0 Å². The molecule has 0 spiro atoms. The van der Waals surface area contributed by atoms with E-state index in [1.807, 2.05) is 0 Å². The predicted molar refractivity (Wildman–Crippen MR) is 71.4 cm³/mol. The molecule has 1 aromatic heterocycles. The van der Waals surface area contributed by atoms with Crippen LogP contribution in [0.2, 0.25) is 0 Å². The first kappa shape index (κ1) is 12.1. The molecule has 0 N–H and O–H groups in total. The SMILES string of the molecule is CCC1CCC(C#N)(Cc2cc(Br)cs2)C1. The molecular formula is C13H16BrNS. The van der Waals surface area contributed by atoms with Gasteiger partial charge in [0.15, 0.2) is 0 Å². The van der Waals surface area contributed by atoms with Gasteiger partial charge >= 0.3 is 0 Å². The summed E-state index contributed by atoms with van der Waals surface area (Å²) in [6.45, 7) is 2.24. The van der Waals surface area contributed by atoms with Crippen molar-refractivity contribution in [3.8, 4) is 6.07 Å². The maximum atomic E-state index is 9.44. The molecule has 2 unspecified atom stereocenters. The molecule has 2 rings (SSSR count). The molecule has 1 aliphatic rings. The number of hydrogen-bond donors (Lipinski definition) is 0. The first-order valence-electron chi connectivity index (χ1n) is 5.81. The van der Waals surface area contributed by atoms with Gasteiger partial charge in [-0.15, -0.1) is 11.3 Å². The van der Waals surface area contributed by atoms with E-state index in [4.69, 9.17) is 0 Å². The Hall–Kier alpha value is -0.330. The van der Waals surface area contributed by atoms with Crippen molar-refractivity contribution >= 4 is 27.3 Å². The Bertz CT molecular complexity index is 406. The van der Waals surface area contributed by atoms with Crippen molar-refractivity contribution in [1.29, 1.82) is 5.26 Å². The van der Waals surface area contributed by atoms with Crippen LogP contribution in [0, 0.1) is 22.7 Å². The first-order chi connectivity index (χ1) is 7.67. The van der Waals surface area contributed by atoms with Gasteiger partial charge in [0, 0.05) is 21.2 Å². The van der Waals surface area contributed by atoms with Crippen LogP contribution in [0.25, 0.3) is 0 Å². The molecule has 0 saturated heterocycles. The third-order valence-electron chi connectivity index (χ3n) is 3.66. The third-order valence-corrected chi connectivity index (χ3v) is 5.36. The van der Waals surface area contributed by atoms with E-state index in [1.54, 1.807) is 11.3 Å². The minimum Gasteiger partial charge on any atom is -0.198 e. The van der Waals surface area contributed by atoms with Crippen molar-refractivity contribution in [3.05, 3.63) is 20.8 Å². The Labute approximate surface area is 110 Å². The predicted octanol–water partition coefficient (Wildman–Crippen LogP) is 4.77. The van der Waals surface area contributed by atoms with Crippen molar-refractivity contribution in [2.75, 3.05) is 0 Å². The highest BCUT2D eigenvalue weighted by molar-refractivity contribution is 9.10. The summed E-state index contributed by atoms with van der Waals surface area (Å²) in [5.74, 6) is 0.767. The molecule has 86 valence electrons. The zero-order valence-electron chi connectivity index (χ0n) is 9.50. The molecule has 1 heterocycles. The minimum atomic E-state index is -0.0784. The summed E-state index contributed by atoms with van der Waals surface area (Å²) < 4.78 is 1.14. The molecule has 0 aromatic carbocycles. The number of hydrogen-bond acceptors (Lipinski definition) is 2. The number of nitrogens with zero attached hydrogens (tertiary/aromatic N) is 1. The van der Waals surface area contributed by atoms with Crippen molar-refractivity contribution in [3.63, 3.8) is 0 Å². The summed E-state index contributed by atoms with van der Waals surface area (Å²) in [6.07, 6.45) is 5.57. The average molecular weight is 298 g/mol. The maximum absolute atomic E-state index is 9.44. The van der Waals surface area contributed by atoms with Crippen molar-refractivity contribution in [2.45, 2.75) is 39.0 Å². The minimum absolute atomic E-state index is 0.0784. The Morgan fingerprint density at radius 3 is 3.00 bits per heavy atom. The van der Waals surface area contributed by atoms with E-state index >= 15 is 0 Å². The second-order valence-corrected chi connectivity index (χ2v) is 6.73. The van der Waals surface area contributed by atoms with Crippen LogP contribution in [0.15, 0.2) is 15.9 Å². The van der Waals surface area contributed by atoms with E-state index in [9.17, 15) is 5.26 Å². The molecule has 0 amide bonds. The highest BCUT2D eigenvalue weighted by Crippen LogP contribution is 2.45. The summed E-state index contributed by atoms with van der Waals surface area (Å²) in [7, 11) is 0. The van der Waals surface area contributed by atoms with Gasteiger partial charge < -0.3 is 0 Å². The summed E-state index contributed by atoms with van der Waals surface area (Å²) in [5.41, 5.74) is -0.0784. The van der Waals surface area contributed by atoms with Crippen LogP contribution in [0.4, 0.5) is 0 Å². The van der Waals surface area contributed by atoms with Gasteiger partial charge in [-0.3, -0.25) is 0 Å². The Kier molecular flexibility index (Phi) is 3.71. The smallest absolute Gasteiger partial charge is 0.0693 e. The fourth-order valence-corrected chi connectivity index (χ4v) is 4.26. The van der Waals surface area contributed by atoms with Gasteiger partial charge in [-0.2, -0.15) is 5.26 Å². The normalized spacial score (nSPS) is 29.2. The molecule has 1 nitrogen and oxygen atoms in total. The van der Waals surface area contributed by atoms with E-state index in [0.29, 0.717) is 0 Å². The maximum Gasteiger partial charge on any atom is 0.0693 e. The van der Waals surface area contributed by atoms with Crippen LogP contribution < -0.4 is 0 Å². The number of thiophene rings is 1. The molecule has 2 atom stereocenters. The van der Waals surface area contributed by atoms with E-state index in [0.717, 1.165) is 29.7 Å². The molecule has 3 heteroatoms. The van der Waals surface area contributed by atoms with Crippen LogP contribution in [0.3, 0.4) is 0 Å². The second-order valence-electron chi connectivity index (χ2n) is 4.82. The Balaban J connectivity index is 2.09. The topological polar surface area (TPSA) is 23.8 Å². The fourth-order valence-electron chi connectivity index (χ4n) is 2.67. The lowest BCUT2D eigenvalue weighted by Crippen LogP contribution is -2.17. The van der Waals surface area contributed by atoms with Crippen LogP contribution in [-0.4, -0.2) is 0 Å². The second kappa shape index (κ2) is 4.89. The third kappa shape index (κ3) is 2.49. The van der Waals surface area contributed by atoms with Gasteiger partial charge in [0.1, 0.15) is 0 Å². The molecule has 0 radical (unpaired) electrons. The van der Waals surface area contributed by atoms with E-state index in [2.05, 4.69) is 40.4 Å². The average Bonchev–Trinajstić information content (AvgIpc) is 2.87. The lowest BCUT2D eigenvalue weighted by molar-refractivity contribution is 0.383. The summed E-state index contributed by atoms with van der Waals surface area (Å²) >= 11 is 5.24. The van der Waals surface area contributed by atoms with Gasteiger partial charge in [0.25, 0.3) is 0 Å². The van der Waals surface area contributed by atoms with E-state index in [1.165, 1.54) is 17.7 Å². The fraction of sp³-hybridized carbons (Fsp3) is 0.615. The Morgan fingerprint density at radius 1 is 1.69 bits per heavy atom. The van der Waals surface area contributed by atoms with Crippen LogP contribution >= 0.6 is 27.3 Å². The monoisotopic (exact) mass is 297 g/mol. The lowest BCUT2D eigenvalue weighted by atomic mass is 9.82. The van der Waals surface area contributed by atoms with Crippen molar-refractivity contribution < 1.29 is 0 Å². The molecule has 1 saturated carbocycles. The van der Waals surface area contributed by atoms with Crippen LogP contribution in [-0.2, 0) is 6.42 Å². The van der Waals surface area contributed by atoms with Gasteiger partial charge in [-0.05, 0) is 47.2 Å². The number of halogens is 1. The summed E-state index contributed by atoms with van der Waals surface area (Å²) in [4.78, 5) is 1.34. The highest BCUT2D eigenvalue weighted by Gasteiger charge is 2.38. The van der Waals surface area contributed by atoms with Gasteiger partial charge in [-0.25, -0.2) is 0 Å². The first-order valence-corrected chi connectivity index (χ1v) is 7.49. The standard InChI is InChI=1S/C13H16BrNS/c1-2-10-3-4-13(6-10,9-15)7-12-5-11(14)8-16-12/h5,8,10H,2-4,6-7H2,1H3. The van der Waals surface area contributed by atoms with Gasteiger partial charge in [0.05, 0.1) is 11.5 Å². The summed E-state index contributed by atoms with van der Waals surface area (Å²) in [5, 5.41) is 11.5. The van der Waals surface area contributed by atoms with Crippen molar-refractivity contribution in [1.82, 2.24) is 0 Å². The summed E-state index contributed by atoms with van der Waals surface area (Å²) in [6, 6.07) is 4.75. The van der Waals surface area contributed by atoms with E-state index in [-0.39, 0.29) is 5.41 Å². The molecule has 0 bridgehead atoms. The quantitative estimate of drug-likeness (QED) is 0.788. The van der Waals surface area contributed by atoms with Crippen LogP contribution in [0.5, 0.6) is 0 Å². The molecule has 1 aromatic rings. The molecule has 1 fully saturated rings. The van der Waals surface area contributed by atoms with E-state index < -0.39 is 0 Å². The van der Waals surface area contributed by atoms with Gasteiger partial charge in [-0.1, -0.05) is 13.3 Å². The molecule has 1 aliphatic carbocycles. The lowest BCUT2D eigenvalue weighted by Gasteiger charge is -2.19. The highest BCUT2D eigenvalue weighted by atomic mass is 79.9. The number of rotatable bonds is 3. The molecule has 0 aliphatic heterocycles. The zero-order valence-corrected chi connectivity index (χ0v) is 11.9. The molecule has 16 heavy (non-hydrogen) atoms. The molecular weight excluding hydrogens is 282 g/mol. The van der Waals surface area contributed by atoms with Crippen molar-refractivity contribution in [2.24, 2.45) is 11.3 Å². The van der Waals surface area contributed by atoms with Crippen LogP contribution in [0.1, 0.15) is 37.5 Å². The Morgan fingerprint density at radius 2 is 2.50 bits per heavy atom. The largest absolute Gasteiger partial charge is 0.198 e. The zero-order chi connectivity index (χ0) is 11.6.